The maximum Gasteiger partial charge on any atom is 0.251 e. The third-order valence-corrected chi connectivity index (χ3v) is 5.04. The molecule has 0 saturated heterocycles. The molecule has 1 aromatic heterocycles. The Labute approximate surface area is 161 Å². The molecule has 1 amide bonds. The van der Waals surface area contributed by atoms with Gasteiger partial charge in [-0.2, -0.15) is 0 Å². The highest BCUT2D eigenvalue weighted by Crippen LogP contribution is 2.41. The molecule has 0 fully saturated rings. The monoisotopic (exact) mass is 383 g/mol. The lowest BCUT2D eigenvalue weighted by Gasteiger charge is -2.18. The van der Waals surface area contributed by atoms with Crippen LogP contribution in [-0.2, 0) is 6.42 Å². The second-order valence-corrected chi connectivity index (χ2v) is 6.51. The second-order valence-electron chi connectivity index (χ2n) is 6.13. The van der Waals surface area contributed by atoms with Crippen LogP contribution < -0.4 is 14.8 Å². The fourth-order valence-corrected chi connectivity index (χ4v) is 3.64. The Bertz CT molecular complexity index is 1030. The third-order valence-electron chi connectivity index (χ3n) is 4.66. The number of carbonyl (C=O) groups excluding carboxylic acids is 1. The molecule has 0 atom stereocenters. The number of fused-ring (bicyclic) bond motifs is 1. The van der Waals surface area contributed by atoms with Crippen LogP contribution in [0.15, 0.2) is 42.7 Å². The first kappa shape index (κ1) is 17.4. The molecule has 0 saturated carbocycles. The van der Waals surface area contributed by atoms with Crippen LogP contribution in [0.1, 0.15) is 15.9 Å². The Hall–Kier alpha value is -2.99. The molecule has 0 spiro atoms. The molecule has 27 heavy (non-hydrogen) atoms. The zero-order valence-electron chi connectivity index (χ0n) is 15.0. The minimum absolute atomic E-state index is 0.0519. The number of nitrogens with zero attached hydrogens (tertiary/aromatic N) is 2. The normalized spacial score (nSPS) is 13.1. The van der Waals surface area contributed by atoms with Crippen molar-refractivity contribution in [2.75, 3.05) is 20.8 Å². The topological polar surface area (TPSA) is 65.4 Å². The average Bonchev–Trinajstić information content (AvgIpc) is 3.17. The first-order valence-electron chi connectivity index (χ1n) is 8.49. The van der Waals surface area contributed by atoms with E-state index >= 15 is 0 Å². The molecule has 0 bridgehead atoms. The van der Waals surface area contributed by atoms with Crippen molar-refractivity contribution < 1.29 is 14.3 Å². The van der Waals surface area contributed by atoms with Gasteiger partial charge in [-0.25, -0.2) is 4.98 Å². The molecule has 2 heterocycles. The van der Waals surface area contributed by atoms with Crippen LogP contribution in [0.3, 0.4) is 0 Å². The summed E-state index contributed by atoms with van der Waals surface area (Å²) in [5, 5.41) is 3.30. The quantitative estimate of drug-likeness (QED) is 0.749. The van der Waals surface area contributed by atoms with Crippen LogP contribution in [0.2, 0.25) is 5.02 Å². The van der Waals surface area contributed by atoms with E-state index in [1.165, 1.54) is 0 Å². The smallest absolute Gasteiger partial charge is 0.251 e. The van der Waals surface area contributed by atoms with Crippen molar-refractivity contribution in [1.29, 1.82) is 0 Å². The summed E-state index contributed by atoms with van der Waals surface area (Å²) in [5.74, 6) is 1.60. The summed E-state index contributed by atoms with van der Waals surface area (Å²) in [6, 6.07) is 9.48. The summed E-state index contributed by atoms with van der Waals surface area (Å²) < 4.78 is 12.6. The molecule has 0 unspecified atom stereocenters. The molecule has 7 heteroatoms. The Morgan fingerprint density at radius 1 is 1.15 bits per heavy atom. The van der Waals surface area contributed by atoms with E-state index in [1.54, 1.807) is 26.5 Å². The predicted molar refractivity (Wildman–Crippen MR) is 103 cm³/mol. The van der Waals surface area contributed by atoms with Gasteiger partial charge in [-0.05, 0) is 36.2 Å². The minimum atomic E-state index is -0.0519. The van der Waals surface area contributed by atoms with E-state index in [1.807, 2.05) is 35.0 Å². The second kappa shape index (κ2) is 6.96. The lowest BCUT2D eigenvalue weighted by atomic mass is 9.99. The van der Waals surface area contributed by atoms with Gasteiger partial charge >= 0.3 is 0 Å². The van der Waals surface area contributed by atoms with E-state index in [4.69, 9.17) is 21.1 Å². The van der Waals surface area contributed by atoms with Crippen molar-refractivity contribution in [2.24, 2.45) is 0 Å². The number of amides is 1. The van der Waals surface area contributed by atoms with Crippen LogP contribution in [0.5, 0.6) is 11.5 Å². The number of benzene rings is 2. The summed E-state index contributed by atoms with van der Waals surface area (Å²) in [6.07, 6.45) is 4.37. The van der Waals surface area contributed by atoms with Gasteiger partial charge < -0.3 is 14.8 Å². The van der Waals surface area contributed by atoms with Gasteiger partial charge in [0.25, 0.3) is 5.91 Å². The number of rotatable bonds is 4. The van der Waals surface area contributed by atoms with Crippen LogP contribution in [0.4, 0.5) is 0 Å². The average molecular weight is 384 g/mol. The van der Waals surface area contributed by atoms with Gasteiger partial charge in [-0.15, -0.1) is 0 Å². The standard InChI is InChI=1S/C20H18ClN3O3/c1-26-16-6-5-14(17(21)18(16)27-2)19-22-9-10-24(19)13-4-3-12-7-8-23-20(25)15(12)11-13/h3-6,9-11H,7-8H2,1-2H3,(H,23,25). The highest BCUT2D eigenvalue weighted by atomic mass is 35.5. The lowest BCUT2D eigenvalue weighted by molar-refractivity contribution is 0.0946. The van der Waals surface area contributed by atoms with Crippen molar-refractivity contribution in [3.05, 3.63) is 58.9 Å². The minimum Gasteiger partial charge on any atom is -0.493 e. The lowest BCUT2D eigenvalue weighted by Crippen LogP contribution is -2.31. The van der Waals surface area contributed by atoms with Crippen molar-refractivity contribution >= 4 is 17.5 Å². The van der Waals surface area contributed by atoms with Crippen LogP contribution >= 0.6 is 11.6 Å². The fourth-order valence-electron chi connectivity index (χ4n) is 3.32. The molecule has 2 aromatic carbocycles. The van der Waals surface area contributed by atoms with Gasteiger partial charge in [0.05, 0.1) is 19.2 Å². The SMILES string of the molecule is COc1ccc(-c2nccn2-c2ccc3c(c2)C(=O)NCC3)c(Cl)c1OC. The van der Waals surface area contributed by atoms with E-state index in [2.05, 4.69) is 10.3 Å². The van der Waals surface area contributed by atoms with Gasteiger partial charge in [-0.1, -0.05) is 17.7 Å². The number of methoxy groups -OCH3 is 2. The summed E-state index contributed by atoms with van der Waals surface area (Å²) in [7, 11) is 3.11. The van der Waals surface area contributed by atoms with Crippen molar-refractivity contribution in [3.8, 4) is 28.6 Å². The number of halogens is 1. The maximum atomic E-state index is 12.2. The number of hydrogen-bond acceptors (Lipinski definition) is 4. The Morgan fingerprint density at radius 3 is 2.78 bits per heavy atom. The number of carbonyl (C=O) groups is 1. The van der Waals surface area contributed by atoms with Crippen LogP contribution in [0.25, 0.3) is 17.1 Å². The Kier molecular flexibility index (Phi) is 4.49. The van der Waals surface area contributed by atoms with Gasteiger partial charge in [0.15, 0.2) is 11.5 Å². The van der Waals surface area contributed by atoms with E-state index in [0.717, 1.165) is 17.7 Å². The highest BCUT2D eigenvalue weighted by molar-refractivity contribution is 6.35. The first-order chi connectivity index (χ1) is 13.1. The Morgan fingerprint density at radius 2 is 2.00 bits per heavy atom. The molecule has 3 aromatic rings. The molecule has 0 radical (unpaired) electrons. The number of imidazole rings is 1. The molecule has 0 aliphatic carbocycles. The van der Waals surface area contributed by atoms with E-state index in [-0.39, 0.29) is 5.91 Å². The number of aromatic nitrogens is 2. The maximum absolute atomic E-state index is 12.2. The first-order valence-corrected chi connectivity index (χ1v) is 8.87. The molecule has 4 rings (SSSR count). The van der Waals surface area contributed by atoms with Gasteiger partial charge in [-0.3, -0.25) is 9.36 Å². The summed E-state index contributed by atoms with van der Waals surface area (Å²) in [6.45, 7) is 0.669. The van der Waals surface area contributed by atoms with Crippen molar-refractivity contribution in [3.63, 3.8) is 0 Å². The van der Waals surface area contributed by atoms with Gasteiger partial charge in [0.1, 0.15) is 5.82 Å². The van der Waals surface area contributed by atoms with Crippen LogP contribution in [-0.4, -0.2) is 36.2 Å². The summed E-state index contributed by atoms with van der Waals surface area (Å²) in [5.41, 5.74) is 3.29. The predicted octanol–water partition coefficient (Wildman–Crippen LogP) is 3.50. The molecular formula is C20H18ClN3O3. The summed E-state index contributed by atoms with van der Waals surface area (Å²) in [4.78, 5) is 16.7. The molecule has 6 nitrogen and oxygen atoms in total. The molecule has 1 aliphatic rings. The largest absolute Gasteiger partial charge is 0.493 e. The zero-order valence-corrected chi connectivity index (χ0v) is 15.7. The zero-order chi connectivity index (χ0) is 19.0. The highest BCUT2D eigenvalue weighted by Gasteiger charge is 2.20. The summed E-state index contributed by atoms with van der Waals surface area (Å²) >= 11 is 6.56. The van der Waals surface area contributed by atoms with Gasteiger partial charge in [0, 0.05) is 35.8 Å². The van der Waals surface area contributed by atoms with Gasteiger partial charge in [0.2, 0.25) is 0 Å². The van der Waals surface area contributed by atoms with E-state index < -0.39 is 0 Å². The third kappa shape index (κ3) is 2.92. The Balaban J connectivity index is 1.83. The molecular weight excluding hydrogens is 366 g/mol. The number of ether oxygens (including phenoxy) is 2. The van der Waals surface area contributed by atoms with Crippen LogP contribution in [0, 0.1) is 0 Å². The van der Waals surface area contributed by atoms with E-state index in [9.17, 15) is 4.79 Å². The number of hydrogen-bond donors (Lipinski definition) is 1. The molecule has 138 valence electrons. The molecule has 1 aliphatic heterocycles. The molecule has 1 N–H and O–H groups in total. The van der Waals surface area contributed by atoms with Crippen molar-refractivity contribution in [2.45, 2.75) is 6.42 Å². The van der Waals surface area contributed by atoms with Crippen molar-refractivity contribution in [1.82, 2.24) is 14.9 Å². The number of nitrogens with one attached hydrogen (secondary N) is 1. The fraction of sp³-hybridized carbons (Fsp3) is 0.200. The van der Waals surface area contributed by atoms with E-state index in [0.29, 0.717) is 40.0 Å².